The van der Waals surface area contributed by atoms with Gasteiger partial charge in [-0.3, -0.25) is 4.99 Å². The summed E-state index contributed by atoms with van der Waals surface area (Å²) in [5.41, 5.74) is 1.34. The van der Waals surface area contributed by atoms with E-state index in [1.54, 1.807) is 0 Å². The lowest BCUT2D eigenvalue weighted by Crippen LogP contribution is -2.42. The minimum absolute atomic E-state index is 0.333. The van der Waals surface area contributed by atoms with E-state index in [-0.39, 0.29) is 0 Å². The van der Waals surface area contributed by atoms with Crippen LogP contribution in [0.1, 0.15) is 44.7 Å². The molecule has 1 aromatic carbocycles. The standard InChI is InChI=1S/C17H24N2S/c1-12-7-6-10-15(13(12)2)18-17-19-16(11-20-17)14-8-4-3-5-9-14/h3-5,8-9,12-13,15-16H,6-7,10-11H2,1-2H3,(H,18,19). The van der Waals surface area contributed by atoms with Crippen LogP contribution in [0.25, 0.3) is 0 Å². The molecule has 0 bridgehead atoms. The summed E-state index contributed by atoms with van der Waals surface area (Å²) in [7, 11) is 0. The van der Waals surface area contributed by atoms with Gasteiger partial charge in [0.15, 0.2) is 5.17 Å². The van der Waals surface area contributed by atoms with Crippen LogP contribution >= 0.6 is 11.8 Å². The second kappa shape index (κ2) is 6.21. The molecule has 0 amide bonds. The molecule has 108 valence electrons. The molecule has 4 atom stereocenters. The van der Waals surface area contributed by atoms with Crippen molar-refractivity contribution in [3.8, 4) is 0 Å². The molecule has 1 aromatic rings. The molecule has 2 nitrogen and oxygen atoms in total. The van der Waals surface area contributed by atoms with E-state index in [0.717, 1.165) is 22.8 Å². The van der Waals surface area contributed by atoms with E-state index in [9.17, 15) is 0 Å². The van der Waals surface area contributed by atoms with Crippen LogP contribution in [0.5, 0.6) is 0 Å². The highest BCUT2D eigenvalue weighted by Gasteiger charge is 2.29. The van der Waals surface area contributed by atoms with E-state index >= 15 is 0 Å². The normalized spacial score (nSPS) is 33.8. The van der Waals surface area contributed by atoms with Gasteiger partial charge >= 0.3 is 0 Å². The number of hydrogen-bond acceptors (Lipinski definition) is 3. The van der Waals surface area contributed by atoms with E-state index in [4.69, 9.17) is 4.99 Å². The van der Waals surface area contributed by atoms with Gasteiger partial charge in [0.05, 0.1) is 6.04 Å². The van der Waals surface area contributed by atoms with Gasteiger partial charge in [-0.15, -0.1) is 0 Å². The van der Waals surface area contributed by atoms with E-state index in [1.165, 1.54) is 24.8 Å². The van der Waals surface area contributed by atoms with E-state index < -0.39 is 0 Å². The molecule has 4 unspecified atom stereocenters. The maximum absolute atomic E-state index is 4.88. The summed E-state index contributed by atoms with van der Waals surface area (Å²) in [6.45, 7) is 4.77. The molecular formula is C17H24N2S. The molecule has 1 fully saturated rings. The number of thioether (sulfide) groups is 1. The number of nitrogens with zero attached hydrogens (tertiary/aromatic N) is 1. The Morgan fingerprint density at radius 2 is 1.95 bits per heavy atom. The van der Waals surface area contributed by atoms with Gasteiger partial charge < -0.3 is 5.32 Å². The molecule has 1 saturated carbocycles. The summed E-state index contributed by atoms with van der Waals surface area (Å²) in [4.78, 5) is 4.88. The molecule has 1 aliphatic carbocycles. The smallest absolute Gasteiger partial charge is 0.157 e. The molecule has 0 aromatic heterocycles. The molecule has 2 aliphatic rings. The average Bonchev–Trinajstić information content (AvgIpc) is 2.93. The van der Waals surface area contributed by atoms with Crippen LogP contribution in [0.2, 0.25) is 0 Å². The Labute approximate surface area is 126 Å². The molecule has 1 heterocycles. The lowest BCUT2D eigenvalue weighted by atomic mass is 9.78. The van der Waals surface area contributed by atoms with Crippen LogP contribution < -0.4 is 5.32 Å². The van der Waals surface area contributed by atoms with Gasteiger partial charge in [0, 0.05) is 11.8 Å². The van der Waals surface area contributed by atoms with Crippen molar-refractivity contribution in [2.75, 3.05) is 5.75 Å². The van der Waals surface area contributed by atoms with Crippen molar-refractivity contribution in [3.05, 3.63) is 35.9 Å². The maximum atomic E-state index is 4.88. The summed E-state index contributed by atoms with van der Waals surface area (Å²) in [5, 5.41) is 4.87. The van der Waals surface area contributed by atoms with Crippen LogP contribution in [0.15, 0.2) is 35.3 Å². The fraction of sp³-hybridized carbons (Fsp3) is 0.588. The van der Waals surface area contributed by atoms with Crippen molar-refractivity contribution in [3.63, 3.8) is 0 Å². The van der Waals surface area contributed by atoms with Crippen LogP contribution in [0.4, 0.5) is 0 Å². The molecule has 20 heavy (non-hydrogen) atoms. The van der Waals surface area contributed by atoms with Gasteiger partial charge in [-0.25, -0.2) is 0 Å². The van der Waals surface area contributed by atoms with Crippen molar-refractivity contribution in [2.45, 2.75) is 45.2 Å². The highest BCUT2D eigenvalue weighted by molar-refractivity contribution is 8.14. The Hall–Kier alpha value is -0.960. The van der Waals surface area contributed by atoms with Crippen molar-refractivity contribution >= 4 is 16.9 Å². The zero-order chi connectivity index (χ0) is 13.9. The van der Waals surface area contributed by atoms with Crippen LogP contribution in [-0.4, -0.2) is 17.0 Å². The monoisotopic (exact) mass is 288 g/mol. The topological polar surface area (TPSA) is 24.4 Å². The number of aliphatic imine (C=N–C) groups is 1. The highest BCUT2D eigenvalue weighted by Crippen LogP contribution is 2.33. The van der Waals surface area contributed by atoms with Crippen molar-refractivity contribution in [1.82, 2.24) is 5.32 Å². The largest absolute Gasteiger partial charge is 0.362 e. The quantitative estimate of drug-likeness (QED) is 0.880. The van der Waals surface area contributed by atoms with Gasteiger partial charge in [0.1, 0.15) is 0 Å². The molecule has 1 aliphatic heterocycles. The maximum Gasteiger partial charge on any atom is 0.157 e. The Balaban J connectivity index is 1.64. The lowest BCUT2D eigenvalue weighted by molar-refractivity contribution is 0.225. The second-order valence-electron chi connectivity index (χ2n) is 6.19. The third kappa shape index (κ3) is 3.03. The summed E-state index contributed by atoms with van der Waals surface area (Å²) >= 11 is 1.88. The summed E-state index contributed by atoms with van der Waals surface area (Å²) in [5.74, 6) is 2.66. The summed E-state index contributed by atoms with van der Waals surface area (Å²) in [6.07, 6.45) is 4.02. The fourth-order valence-corrected chi connectivity index (χ4v) is 4.26. The van der Waals surface area contributed by atoms with Gasteiger partial charge in [0.2, 0.25) is 0 Å². The first-order chi connectivity index (χ1) is 9.74. The van der Waals surface area contributed by atoms with Crippen molar-refractivity contribution < 1.29 is 0 Å². The first-order valence-corrected chi connectivity index (χ1v) is 8.74. The Bertz CT molecular complexity index is 471. The zero-order valence-corrected chi connectivity index (χ0v) is 13.2. The Morgan fingerprint density at radius 1 is 1.15 bits per heavy atom. The number of amidine groups is 1. The fourth-order valence-electron chi connectivity index (χ4n) is 3.24. The second-order valence-corrected chi connectivity index (χ2v) is 7.20. The first kappa shape index (κ1) is 14.0. The highest BCUT2D eigenvalue weighted by atomic mass is 32.2. The molecular weight excluding hydrogens is 264 g/mol. The van der Waals surface area contributed by atoms with E-state index in [1.807, 2.05) is 11.8 Å². The van der Waals surface area contributed by atoms with Crippen molar-refractivity contribution in [2.24, 2.45) is 16.8 Å². The number of nitrogens with one attached hydrogen (secondary N) is 1. The average molecular weight is 288 g/mol. The molecule has 3 rings (SSSR count). The third-order valence-corrected chi connectivity index (χ3v) is 5.83. The van der Waals surface area contributed by atoms with Crippen molar-refractivity contribution in [1.29, 1.82) is 0 Å². The molecule has 0 saturated heterocycles. The van der Waals surface area contributed by atoms with Gasteiger partial charge in [0.25, 0.3) is 0 Å². The summed E-state index contributed by atoms with van der Waals surface area (Å²) in [6, 6.07) is 11.6. The molecule has 3 heteroatoms. The SMILES string of the molecule is CC1CCCC(NC2=NC(c3ccccc3)CS2)C1C. The van der Waals surface area contributed by atoms with Gasteiger partial charge in [-0.2, -0.15) is 0 Å². The first-order valence-electron chi connectivity index (χ1n) is 7.76. The van der Waals surface area contributed by atoms with Crippen LogP contribution in [0.3, 0.4) is 0 Å². The molecule has 0 spiro atoms. The third-order valence-electron chi connectivity index (χ3n) is 4.85. The minimum Gasteiger partial charge on any atom is -0.362 e. The van der Waals surface area contributed by atoms with E-state index in [2.05, 4.69) is 49.5 Å². The summed E-state index contributed by atoms with van der Waals surface area (Å²) < 4.78 is 0. The number of hydrogen-bond donors (Lipinski definition) is 1. The van der Waals surface area contributed by atoms with Gasteiger partial charge in [-0.1, -0.05) is 68.8 Å². The number of rotatable bonds is 2. The number of benzene rings is 1. The zero-order valence-electron chi connectivity index (χ0n) is 12.4. The van der Waals surface area contributed by atoms with Gasteiger partial charge in [-0.05, 0) is 23.8 Å². The van der Waals surface area contributed by atoms with Crippen LogP contribution in [-0.2, 0) is 0 Å². The lowest BCUT2D eigenvalue weighted by Gasteiger charge is -2.34. The predicted octanol–water partition coefficient (Wildman–Crippen LogP) is 4.24. The Kier molecular flexibility index (Phi) is 4.35. The minimum atomic E-state index is 0.333. The van der Waals surface area contributed by atoms with E-state index in [0.29, 0.717) is 12.1 Å². The molecule has 1 N–H and O–H groups in total. The Morgan fingerprint density at radius 3 is 2.75 bits per heavy atom. The van der Waals surface area contributed by atoms with Crippen LogP contribution in [0, 0.1) is 11.8 Å². The predicted molar refractivity (Wildman–Crippen MR) is 88.2 cm³/mol. The molecule has 0 radical (unpaired) electrons.